The minimum atomic E-state index is -0.202. The molecule has 0 fully saturated rings. The molecule has 6 nitrogen and oxygen atoms in total. The Kier molecular flexibility index (Phi) is 7.56. The van der Waals surface area contributed by atoms with E-state index in [2.05, 4.69) is 15.3 Å². The van der Waals surface area contributed by atoms with Crippen LogP contribution < -0.4 is 5.32 Å². The molecule has 0 aliphatic carbocycles. The van der Waals surface area contributed by atoms with Crippen molar-refractivity contribution in [1.29, 1.82) is 0 Å². The van der Waals surface area contributed by atoms with Crippen LogP contribution in [0.25, 0.3) is 0 Å². The number of nitrogens with one attached hydrogen (secondary N) is 1. The van der Waals surface area contributed by atoms with Crippen molar-refractivity contribution in [3.8, 4) is 0 Å². The van der Waals surface area contributed by atoms with Gasteiger partial charge in [-0.2, -0.15) is 0 Å². The fraction of sp³-hybridized carbons (Fsp3) is 0.368. The number of nitrogens with zero attached hydrogens (tertiary/aromatic N) is 3. The van der Waals surface area contributed by atoms with Crippen molar-refractivity contribution in [2.24, 2.45) is 0 Å². The largest absolute Gasteiger partial charge is 0.356 e. The second-order valence-corrected chi connectivity index (χ2v) is 5.72. The molecule has 1 aromatic carbocycles. The average molecular weight is 340 g/mol. The molecule has 0 saturated carbocycles. The van der Waals surface area contributed by atoms with Crippen LogP contribution in [0.4, 0.5) is 0 Å². The van der Waals surface area contributed by atoms with E-state index in [1.165, 1.54) is 18.6 Å². The number of benzene rings is 1. The molecule has 1 aromatic heterocycles. The molecule has 2 rings (SSSR count). The topological polar surface area (TPSA) is 75.2 Å². The van der Waals surface area contributed by atoms with Gasteiger partial charge in [0.1, 0.15) is 5.69 Å². The second kappa shape index (κ2) is 10.2. The first-order chi connectivity index (χ1) is 12.2. The van der Waals surface area contributed by atoms with Gasteiger partial charge in [-0.05, 0) is 18.4 Å². The number of carbonyl (C=O) groups is 2. The van der Waals surface area contributed by atoms with Crippen LogP contribution in [-0.4, -0.2) is 46.3 Å². The van der Waals surface area contributed by atoms with Gasteiger partial charge in [-0.3, -0.25) is 14.6 Å². The van der Waals surface area contributed by atoms with Gasteiger partial charge in [0, 0.05) is 38.4 Å². The van der Waals surface area contributed by atoms with Gasteiger partial charge in [-0.1, -0.05) is 37.3 Å². The summed E-state index contributed by atoms with van der Waals surface area (Å²) in [6.07, 6.45) is 6.38. The fourth-order valence-electron chi connectivity index (χ4n) is 2.38. The van der Waals surface area contributed by atoms with E-state index in [4.69, 9.17) is 0 Å². The lowest BCUT2D eigenvalue weighted by Crippen LogP contribution is -2.37. The fourth-order valence-corrected chi connectivity index (χ4v) is 2.38. The minimum absolute atomic E-state index is 0.0430. The van der Waals surface area contributed by atoms with Gasteiger partial charge in [0.05, 0.1) is 6.20 Å². The molecule has 0 atom stereocenters. The number of rotatable bonds is 9. The van der Waals surface area contributed by atoms with Crippen molar-refractivity contribution < 1.29 is 9.59 Å². The molecular formula is C19H24N4O2. The summed E-state index contributed by atoms with van der Waals surface area (Å²) >= 11 is 0. The van der Waals surface area contributed by atoms with Gasteiger partial charge >= 0.3 is 0 Å². The molecule has 0 aliphatic rings. The molecule has 1 heterocycles. The first-order valence-corrected chi connectivity index (χ1v) is 8.56. The predicted octanol–water partition coefficient (Wildman–Crippen LogP) is 2.08. The Morgan fingerprint density at radius 2 is 1.92 bits per heavy atom. The Balaban J connectivity index is 2.00. The molecule has 1 N–H and O–H groups in total. The normalized spacial score (nSPS) is 10.3. The zero-order valence-electron chi connectivity index (χ0n) is 14.5. The molecule has 0 bridgehead atoms. The van der Waals surface area contributed by atoms with Crippen LogP contribution in [0.2, 0.25) is 0 Å². The van der Waals surface area contributed by atoms with E-state index in [9.17, 15) is 9.59 Å². The highest BCUT2D eigenvalue weighted by Gasteiger charge is 2.18. The highest BCUT2D eigenvalue weighted by molar-refractivity contribution is 5.92. The predicted molar refractivity (Wildman–Crippen MR) is 96.0 cm³/mol. The molecule has 25 heavy (non-hydrogen) atoms. The highest BCUT2D eigenvalue weighted by atomic mass is 16.2. The van der Waals surface area contributed by atoms with Gasteiger partial charge in [0.15, 0.2) is 0 Å². The molecule has 0 aliphatic heterocycles. The van der Waals surface area contributed by atoms with Crippen LogP contribution in [0.15, 0.2) is 48.9 Å². The average Bonchev–Trinajstić information content (AvgIpc) is 2.67. The van der Waals surface area contributed by atoms with Gasteiger partial charge in [0.2, 0.25) is 5.91 Å². The SMILES string of the molecule is CCCNC(=O)CCN(CCc1ccccc1)C(=O)c1cnccn1. The van der Waals surface area contributed by atoms with Crippen molar-refractivity contribution in [1.82, 2.24) is 20.2 Å². The Morgan fingerprint density at radius 3 is 2.60 bits per heavy atom. The third-order valence-electron chi connectivity index (χ3n) is 3.76. The Hall–Kier alpha value is -2.76. The van der Waals surface area contributed by atoms with Crippen LogP contribution in [0.3, 0.4) is 0 Å². The summed E-state index contributed by atoms with van der Waals surface area (Å²) in [5.74, 6) is -0.245. The Morgan fingerprint density at radius 1 is 1.12 bits per heavy atom. The molecule has 2 amide bonds. The van der Waals surface area contributed by atoms with Crippen LogP contribution >= 0.6 is 0 Å². The molecule has 0 saturated heterocycles. The maximum absolute atomic E-state index is 12.7. The number of carbonyl (C=O) groups excluding carboxylic acids is 2. The summed E-state index contributed by atoms with van der Waals surface area (Å²) in [6, 6.07) is 9.96. The maximum Gasteiger partial charge on any atom is 0.274 e. The van der Waals surface area contributed by atoms with E-state index in [0.29, 0.717) is 25.3 Å². The first kappa shape index (κ1) is 18.6. The molecule has 6 heteroatoms. The lowest BCUT2D eigenvalue weighted by Gasteiger charge is -2.22. The first-order valence-electron chi connectivity index (χ1n) is 8.56. The number of amides is 2. The molecule has 132 valence electrons. The molecule has 0 radical (unpaired) electrons. The summed E-state index contributed by atoms with van der Waals surface area (Å²) in [5, 5.41) is 2.84. The van der Waals surface area contributed by atoms with Crippen LogP contribution in [0.1, 0.15) is 35.8 Å². The monoisotopic (exact) mass is 340 g/mol. The lowest BCUT2D eigenvalue weighted by molar-refractivity contribution is -0.121. The van der Waals surface area contributed by atoms with Crippen LogP contribution in [-0.2, 0) is 11.2 Å². The van der Waals surface area contributed by atoms with Crippen molar-refractivity contribution >= 4 is 11.8 Å². The summed E-state index contributed by atoms with van der Waals surface area (Å²) in [4.78, 5) is 34.2. The zero-order chi connectivity index (χ0) is 17.9. The molecule has 2 aromatic rings. The molecule has 0 unspecified atom stereocenters. The lowest BCUT2D eigenvalue weighted by atomic mass is 10.1. The second-order valence-electron chi connectivity index (χ2n) is 5.72. The summed E-state index contributed by atoms with van der Waals surface area (Å²) < 4.78 is 0. The highest BCUT2D eigenvalue weighted by Crippen LogP contribution is 2.06. The molecule has 0 spiro atoms. The quantitative estimate of drug-likeness (QED) is 0.758. The van der Waals surface area contributed by atoms with E-state index in [1.54, 1.807) is 4.90 Å². The summed E-state index contributed by atoms with van der Waals surface area (Å²) in [7, 11) is 0. The van der Waals surface area contributed by atoms with Gasteiger partial charge in [-0.15, -0.1) is 0 Å². The van der Waals surface area contributed by atoms with Crippen molar-refractivity contribution in [2.75, 3.05) is 19.6 Å². The Labute approximate surface area is 148 Å². The summed E-state index contributed by atoms with van der Waals surface area (Å²) in [5.41, 5.74) is 1.44. The summed E-state index contributed by atoms with van der Waals surface area (Å²) in [6.45, 7) is 3.54. The van der Waals surface area contributed by atoms with Gasteiger partial charge < -0.3 is 10.2 Å². The van der Waals surface area contributed by atoms with E-state index >= 15 is 0 Å². The number of hydrogen-bond acceptors (Lipinski definition) is 4. The van der Waals surface area contributed by atoms with Gasteiger partial charge in [-0.25, -0.2) is 4.98 Å². The number of aromatic nitrogens is 2. The van der Waals surface area contributed by atoms with Crippen molar-refractivity contribution in [2.45, 2.75) is 26.2 Å². The van der Waals surface area contributed by atoms with E-state index in [-0.39, 0.29) is 18.2 Å². The van der Waals surface area contributed by atoms with Crippen LogP contribution in [0, 0.1) is 0 Å². The van der Waals surface area contributed by atoms with Crippen LogP contribution in [0.5, 0.6) is 0 Å². The van der Waals surface area contributed by atoms with Crippen molar-refractivity contribution in [3.63, 3.8) is 0 Å². The third-order valence-corrected chi connectivity index (χ3v) is 3.76. The van der Waals surface area contributed by atoms with E-state index in [0.717, 1.165) is 18.4 Å². The smallest absolute Gasteiger partial charge is 0.274 e. The third kappa shape index (κ3) is 6.33. The van der Waals surface area contributed by atoms with Crippen molar-refractivity contribution in [3.05, 3.63) is 60.2 Å². The standard InChI is InChI=1S/C19H24N4O2/c1-2-10-22-18(24)9-14-23(13-8-16-6-4-3-5-7-16)19(25)17-15-20-11-12-21-17/h3-7,11-12,15H,2,8-10,13-14H2,1H3,(H,22,24). The zero-order valence-corrected chi connectivity index (χ0v) is 14.5. The molecular weight excluding hydrogens is 316 g/mol. The van der Waals surface area contributed by atoms with Gasteiger partial charge in [0.25, 0.3) is 5.91 Å². The van der Waals surface area contributed by atoms with E-state index in [1.807, 2.05) is 37.3 Å². The Bertz CT molecular complexity index is 662. The number of hydrogen-bond donors (Lipinski definition) is 1. The maximum atomic E-state index is 12.7. The minimum Gasteiger partial charge on any atom is -0.356 e. The van der Waals surface area contributed by atoms with E-state index < -0.39 is 0 Å².